The molecular formula is C56H39N4OPt-3. The molecule has 0 saturated heterocycles. The molecule has 0 aliphatic carbocycles. The largest absolute Gasteiger partial charge is 0.509 e. The van der Waals surface area contributed by atoms with Crippen molar-refractivity contribution in [3.8, 4) is 56.0 Å². The van der Waals surface area contributed by atoms with Gasteiger partial charge in [0.15, 0.2) is 0 Å². The quantitative estimate of drug-likeness (QED) is 0.149. The molecule has 0 N–H and O–H groups in total. The van der Waals surface area contributed by atoms with E-state index in [-0.39, 0.29) is 49.0 Å². The Morgan fingerprint density at radius 1 is 0.532 bits per heavy atom. The second-order valence-corrected chi connectivity index (χ2v) is 14.7. The summed E-state index contributed by atoms with van der Waals surface area (Å²) in [5, 5.41) is 0. The number of nitrogens with zero attached hydrogens (tertiary/aromatic N) is 4. The maximum absolute atomic E-state index is 9.08. The second-order valence-electron chi connectivity index (χ2n) is 14.7. The fourth-order valence-electron chi connectivity index (χ4n) is 8.12. The van der Waals surface area contributed by atoms with Crippen LogP contribution in [0.15, 0.2) is 194 Å². The van der Waals surface area contributed by atoms with E-state index in [0.29, 0.717) is 34.4 Å². The van der Waals surface area contributed by atoms with E-state index in [0.717, 1.165) is 44.8 Å². The zero-order chi connectivity index (χ0) is 49.6. The topological polar surface area (TPSA) is 31.8 Å². The van der Waals surface area contributed by atoms with Gasteiger partial charge in [0.05, 0.1) is 19.4 Å². The molecule has 0 saturated carbocycles. The van der Waals surface area contributed by atoms with Crippen molar-refractivity contribution in [2.24, 2.45) is 0 Å². The van der Waals surface area contributed by atoms with Crippen LogP contribution in [0, 0.1) is 32.6 Å². The number of ether oxygens (including phenoxy) is 1. The molecule has 1 aromatic heterocycles. The number of rotatable bonds is 7. The Bertz CT molecular complexity index is 3540. The number of pyridine rings is 1. The first kappa shape index (κ1) is 29.1. The zero-order valence-electron chi connectivity index (χ0n) is 43.3. The Morgan fingerprint density at radius 2 is 1.11 bits per heavy atom. The van der Waals surface area contributed by atoms with E-state index in [2.05, 4.69) is 41.3 Å². The van der Waals surface area contributed by atoms with E-state index < -0.39 is 60.4 Å². The molecule has 0 radical (unpaired) electrons. The van der Waals surface area contributed by atoms with Crippen molar-refractivity contribution >= 4 is 39.9 Å². The SMILES string of the molecule is [2H]c1c([2H])c([2H])c(-c2cccc(-c3c([2H])c([2H])c([2H])c([2H])c3[2H])c2N2[CH-]N(c3[c-]c(Oc4[c-]c5c(cc4)-c4ccccc4-c4ccccc4N5c4ccccn4)ccc3)c3cc(C)c(C)cc32)c([2H])c1[2H].[Pt]. The van der Waals surface area contributed by atoms with E-state index in [1.807, 2.05) is 97.6 Å². The van der Waals surface area contributed by atoms with Crippen molar-refractivity contribution in [2.45, 2.75) is 13.8 Å². The molecular weight excluding hydrogens is 940 g/mol. The van der Waals surface area contributed by atoms with E-state index in [1.54, 1.807) is 42.0 Å². The van der Waals surface area contributed by atoms with Crippen LogP contribution in [0.3, 0.4) is 0 Å². The van der Waals surface area contributed by atoms with Gasteiger partial charge in [-0.25, -0.2) is 4.98 Å². The number of aryl methyl sites for hydroxylation is 2. The summed E-state index contributed by atoms with van der Waals surface area (Å²) in [6.07, 6.45) is 1.76. The van der Waals surface area contributed by atoms with Gasteiger partial charge < -0.3 is 19.4 Å². The summed E-state index contributed by atoms with van der Waals surface area (Å²) in [4.78, 5) is 10.5. The van der Waals surface area contributed by atoms with Crippen molar-refractivity contribution in [3.05, 3.63) is 224 Å². The van der Waals surface area contributed by atoms with Crippen LogP contribution >= 0.6 is 0 Å². The third-order valence-electron chi connectivity index (χ3n) is 11.0. The number of fused-ring (bicyclic) bond motifs is 6. The third kappa shape index (κ3) is 6.85. The van der Waals surface area contributed by atoms with Gasteiger partial charge in [-0.1, -0.05) is 138 Å². The summed E-state index contributed by atoms with van der Waals surface area (Å²) in [6.45, 7) is 5.70. The summed E-state index contributed by atoms with van der Waals surface area (Å²) < 4.78 is 94.2. The predicted molar refractivity (Wildman–Crippen MR) is 249 cm³/mol. The average molecular weight is 989 g/mol. The minimum Gasteiger partial charge on any atom is -0.509 e. The van der Waals surface area contributed by atoms with Gasteiger partial charge in [-0.05, 0) is 72.0 Å². The van der Waals surface area contributed by atoms with Crippen LogP contribution in [0.2, 0.25) is 0 Å². The van der Waals surface area contributed by atoms with Crippen LogP contribution < -0.4 is 19.4 Å². The maximum atomic E-state index is 9.08. The Morgan fingerprint density at radius 3 is 1.79 bits per heavy atom. The molecule has 2 aliphatic rings. The number of hydrogen-bond donors (Lipinski definition) is 0. The van der Waals surface area contributed by atoms with Gasteiger partial charge in [0.2, 0.25) is 0 Å². The van der Waals surface area contributed by atoms with Crippen LogP contribution in [-0.2, 0) is 21.1 Å². The minimum absolute atomic E-state index is 0. The fraction of sp³-hybridized carbons (Fsp3) is 0.0357. The van der Waals surface area contributed by atoms with Gasteiger partial charge >= 0.3 is 0 Å². The second kappa shape index (κ2) is 16.3. The van der Waals surface area contributed by atoms with Gasteiger partial charge in [0.25, 0.3) is 0 Å². The Hall–Kier alpha value is -7.20. The Kier molecular flexibility index (Phi) is 7.68. The molecule has 0 spiro atoms. The smallest absolute Gasteiger partial charge is 0.135 e. The first-order valence-electron chi connectivity index (χ1n) is 24.7. The molecule has 9 aromatic rings. The Labute approximate surface area is 391 Å². The molecule has 8 aromatic carbocycles. The molecule has 0 fully saturated rings. The summed E-state index contributed by atoms with van der Waals surface area (Å²) in [5.74, 6) is 1.50. The molecule has 62 heavy (non-hydrogen) atoms. The van der Waals surface area contributed by atoms with Crippen molar-refractivity contribution in [1.29, 1.82) is 0 Å². The van der Waals surface area contributed by atoms with Crippen molar-refractivity contribution < 1.29 is 39.5 Å². The van der Waals surface area contributed by atoms with Crippen LogP contribution in [0.1, 0.15) is 24.8 Å². The molecule has 5 nitrogen and oxygen atoms in total. The molecule has 11 rings (SSSR count). The van der Waals surface area contributed by atoms with E-state index in [4.69, 9.17) is 23.4 Å². The molecule has 2 aliphatic heterocycles. The summed E-state index contributed by atoms with van der Waals surface area (Å²) in [6, 6.07) is 42.4. The number of hydrogen-bond acceptors (Lipinski definition) is 5. The monoisotopic (exact) mass is 988 g/mol. The number of para-hydroxylation sites is 2. The minimum atomic E-state index is -0.565. The van der Waals surface area contributed by atoms with Gasteiger partial charge in [-0.2, -0.15) is 12.1 Å². The van der Waals surface area contributed by atoms with Crippen molar-refractivity contribution in [2.75, 3.05) is 14.7 Å². The van der Waals surface area contributed by atoms with Crippen LogP contribution in [0.5, 0.6) is 11.5 Å². The molecule has 6 heteroatoms. The Balaban J connectivity index is 0.00000596. The molecule has 3 heterocycles. The molecule has 0 atom stereocenters. The summed E-state index contributed by atoms with van der Waals surface area (Å²) >= 11 is 0. The predicted octanol–water partition coefficient (Wildman–Crippen LogP) is 14.9. The van der Waals surface area contributed by atoms with Crippen LogP contribution in [-0.4, -0.2) is 4.98 Å². The third-order valence-corrected chi connectivity index (χ3v) is 11.0. The fourth-order valence-corrected chi connectivity index (χ4v) is 8.12. The normalized spacial score (nSPS) is 14.6. The van der Waals surface area contributed by atoms with Crippen LogP contribution in [0.25, 0.3) is 44.5 Å². The van der Waals surface area contributed by atoms with E-state index >= 15 is 0 Å². The number of anilines is 7. The molecule has 0 amide bonds. The van der Waals surface area contributed by atoms with E-state index in [1.165, 1.54) is 0 Å². The van der Waals surface area contributed by atoms with Gasteiger partial charge in [0, 0.05) is 72.5 Å². The van der Waals surface area contributed by atoms with Crippen LogP contribution in [0.4, 0.5) is 39.9 Å². The van der Waals surface area contributed by atoms with Gasteiger partial charge in [-0.15, -0.1) is 48.3 Å². The first-order valence-corrected chi connectivity index (χ1v) is 19.7. The molecule has 0 bridgehead atoms. The van der Waals surface area contributed by atoms with E-state index in [9.17, 15) is 0 Å². The van der Waals surface area contributed by atoms with Crippen molar-refractivity contribution in [1.82, 2.24) is 4.98 Å². The molecule has 0 unspecified atom stereocenters. The summed E-state index contributed by atoms with van der Waals surface area (Å²) in [7, 11) is 0. The van der Waals surface area contributed by atoms with Gasteiger partial charge in [0.1, 0.15) is 5.82 Å². The molecule has 302 valence electrons. The number of aromatic nitrogens is 1. The number of benzene rings is 8. The first-order chi connectivity index (χ1) is 34.2. The zero-order valence-corrected chi connectivity index (χ0v) is 35.6. The average Bonchev–Trinajstić information content (AvgIpc) is 3.68. The van der Waals surface area contributed by atoms with Gasteiger partial charge in [-0.3, -0.25) is 0 Å². The van der Waals surface area contributed by atoms with Crippen molar-refractivity contribution in [3.63, 3.8) is 0 Å². The maximum Gasteiger partial charge on any atom is 0.135 e. The summed E-state index contributed by atoms with van der Waals surface area (Å²) in [5.41, 5.74) is 9.82. The standard InChI is InChI=1S/C56H39N4O.Pt/c1-38-33-53-54(34-39(38)2)59(56-45(40-17-5-3-6-18-40)26-16-27-46(56)41-19-7-4-8-20-41)37-58(53)42-21-15-22-43(35-42)61-44-30-31-50-48-24-10-9-23-47(48)49-25-11-12-28-51(49)60(52(50)36-44)55-29-13-14-32-57-55;/h3-34,37H,1-2H3;/q-3;/i3D,4D,5D,6D,7D,8D,17D,18D,19D,20D;.